The molecule has 0 spiro atoms. The fourth-order valence-electron chi connectivity index (χ4n) is 4.52. The predicted octanol–water partition coefficient (Wildman–Crippen LogP) is 3.05. The highest BCUT2D eigenvalue weighted by Gasteiger charge is 2.33. The molecule has 3 heterocycles. The Morgan fingerprint density at radius 1 is 1.07 bits per heavy atom. The summed E-state index contributed by atoms with van der Waals surface area (Å²) in [6.45, 7) is 10.5. The second kappa shape index (κ2) is 8.39. The maximum absolute atomic E-state index is 13.2. The molecule has 2 aliphatic rings. The SMILES string of the molecule is Cc1cccc(N2CCN(C(=O)C3CCN(c4nccc(C)n4)CC3)CC2C)c1. The summed E-state index contributed by atoms with van der Waals surface area (Å²) in [7, 11) is 0. The number of nitrogens with zero attached hydrogens (tertiary/aromatic N) is 5. The Hall–Kier alpha value is -2.63. The number of amides is 1. The van der Waals surface area contributed by atoms with E-state index in [2.05, 4.69) is 62.8 Å². The first kappa shape index (κ1) is 19.7. The standard InChI is InChI=1S/C23H31N5O/c1-17-5-4-6-21(15-17)28-14-13-27(16-19(28)3)22(29)20-8-11-26(12-9-20)23-24-10-7-18(2)25-23/h4-7,10,15,19-20H,8-9,11-14,16H2,1-3H3. The maximum Gasteiger partial charge on any atom is 0.225 e. The maximum atomic E-state index is 13.2. The van der Waals surface area contributed by atoms with Crippen LogP contribution in [0.25, 0.3) is 0 Å². The van der Waals surface area contributed by atoms with Crippen LogP contribution in [0.2, 0.25) is 0 Å². The topological polar surface area (TPSA) is 52.6 Å². The Kier molecular flexibility index (Phi) is 5.69. The van der Waals surface area contributed by atoms with Crippen molar-refractivity contribution >= 4 is 17.5 Å². The highest BCUT2D eigenvalue weighted by Crippen LogP contribution is 2.26. The van der Waals surface area contributed by atoms with Crippen LogP contribution in [0.5, 0.6) is 0 Å². The second-order valence-corrected chi connectivity index (χ2v) is 8.43. The van der Waals surface area contributed by atoms with Crippen LogP contribution < -0.4 is 9.80 Å². The Balaban J connectivity index is 1.33. The van der Waals surface area contributed by atoms with E-state index in [0.717, 1.165) is 57.2 Å². The van der Waals surface area contributed by atoms with Crippen LogP contribution in [0.4, 0.5) is 11.6 Å². The van der Waals surface area contributed by atoms with Crippen LogP contribution in [-0.2, 0) is 4.79 Å². The number of piperazine rings is 1. The largest absolute Gasteiger partial charge is 0.365 e. The molecule has 2 aliphatic heterocycles. The lowest BCUT2D eigenvalue weighted by atomic mass is 9.94. The number of piperidine rings is 1. The van der Waals surface area contributed by atoms with Crippen molar-refractivity contribution in [2.24, 2.45) is 5.92 Å². The van der Waals surface area contributed by atoms with E-state index in [1.807, 2.05) is 19.2 Å². The van der Waals surface area contributed by atoms with Gasteiger partial charge in [-0.05, 0) is 57.4 Å². The van der Waals surface area contributed by atoms with Gasteiger partial charge >= 0.3 is 0 Å². The lowest BCUT2D eigenvalue weighted by Gasteiger charge is -2.43. The zero-order chi connectivity index (χ0) is 20.4. The van der Waals surface area contributed by atoms with E-state index >= 15 is 0 Å². The van der Waals surface area contributed by atoms with Crippen molar-refractivity contribution in [1.82, 2.24) is 14.9 Å². The van der Waals surface area contributed by atoms with Gasteiger partial charge in [0.25, 0.3) is 0 Å². The molecule has 0 saturated carbocycles. The van der Waals surface area contributed by atoms with E-state index in [0.29, 0.717) is 11.9 Å². The number of benzene rings is 1. The van der Waals surface area contributed by atoms with Crippen LogP contribution in [0.3, 0.4) is 0 Å². The molecule has 2 saturated heterocycles. The number of anilines is 2. The molecule has 1 unspecified atom stereocenters. The van der Waals surface area contributed by atoms with E-state index in [-0.39, 0.29) is 5.92 Å². The molecule has 1 amide bonds. The van der Waals surface area contributed by atoms with Crippen LogP contribution >= 0.6 is 0 Å². The molecule has 0 N–H and O–H groups in total. The Labute approximate surface area is 173 Å². The van der Waals surface area contributed by atoms with Gasteiger partial charge in [0.2, 0.25) is 11.9 Å². The third kappa shape index (κ3) is 4.36. The molecule has 6 nitrogen and oxygen atoms in total. The number of hydrogen-bond acceptors (Lipinski definition) is 5. The smallest absolute Gasteiger partial charge is 0.225 e. The number of hydrogen-bond donors (Lipinski definition) is 0. The number of aryl methyl sites for hydroxylation is 2. The summed E-state index contributed by atoms with van der Waals surface area (Å²) in [6, 6.07) is 10.9. The van der Waals surface area contributed by atoms with Crippen LogP contribution in [0.1, 0.15) is 31.0 Å². The minimum Gasteiger partial charge on any atom is -0.365 e. The molecule has 154 valence electrons. The van der Waals surface area contributed by atoms with E-state index in [1.165, 1.54) is 11.3 Å². The van der Waals surface area contributed by atoms with Gasteiger partial charge in [0.15, 0.2) is 0 Å². The van der Waals surface area contributed by atoms with Crippen LogP contribution in [-0.4, -0.2) is 59.5 Å². The van der Waals surface area contributed by atoms with Gasteiger partial charge in [0.05, 0.1) is 0 Å². The molecule has 1 aromatic carbocycles. The molecule has 1 aromatic heterocycles. The number of carbonyl (C=O) groups excluding carboxylic acids is 1. The monoisotopic (exact) mass is 393 g/mol. The first-order valence-corrected chi connectivity index (χ1v) is 10.7. The third-order valence-electron chi connectivity index (χ3n) is 6.18. The van der Waals surface area contributed by atoms with E-state index in [9.17, 15) is 4.79 Å². The van der Waals surface area contributed by atoms with Gasteiger partial charge in [-0.3, -0.25) is 4.79 Å². The molecule has 0 bridgehead atoms. The van der Waals surface area contributed by atoms with Gasteiger partial charge < -0.3 is 14.7 Å². The molecule has 2 fully saturated rings. The summed E-state index contributed by atoms with van der Waals surface area (Å²) < 4.78 is 0. The van der Waals surface area contributed by atoms with Gasteiger partial charge in [0, 0.05) is 62.3 Å². The normalized spacial score (nSPS) is 20.8. The number of rotatable bonds is 3. The summed E-state index contributed by atoms with van der Waals surface area (Å²) in [5, 5.41) is 0. The molecular weight excluding hydrogens is 362 g/mol. The minimum absolute atomic E-state index is 0.119. The Bertz CT molecular complexity index is 862. The van der Waals surface area contributed by atoms with Gasteiger partial charge in [0.1, 0.15) is 0 Å². The van der Waals surface area contributed by atoms with E-state index in [4.69, 9.17) is 0 Å². The van der Waals surface area contributed by atoms with Crippen LogP contribution in [0.15, 0.2) is 36.5 Å². The lowest BCUT2D eigenvalue weighted by molar-refractivity contribution is -0.137. The van der Waals surface area contributed by atoms with Crippen LogP contribution in [0, 0.1) is 19.8 Å². The Morgan fingerprint density at radius 2 is 1.86 bits per heavy atom. The molecule has 2 aromatic rings. The number of aromatic nitrogens is 2. The molecule has 1 atom stereocenters. The molecule has 29 heavy (non-hydrogen) atoms. The van der Waals surface area contributed by atoms with E-state index < -0.39 is 0 Å². The quantitative estimate of drug-likeness (QED) is 0.802. The lowest BCUT2D eigenvalue weighted by Crippen LogP contribution is -2.55. The zero-order valence-electron chi connectivity index (χ0n) is 17.7. The molecule has 0 aliphatic carbocycles. The minimum atomic E-state index is 0.119. The summed E-state index contributed by atoms with van der Waals surface area (Å²) in [6.07, 6.45) is 3.56. The summed E-state index contributed by atoms with van der Waals surface area (Å²) in [5.41, 5.74) is 3.52. The Morgan fingerprint density at radius 3 is 2.55 bits per heavy atom. The van der Waals surface area contributed by atoms with Gasteiger partial charge in [-0.1, -0.05) is 12.1 Å². The first-order chi connectivity index (χ1) is 14.0. The fraction of sp³-hybridized carbons (Fsp3) is 0.522. The average molecular weight is 394 g/mol. The highest BCUT2D eigenvalue weighted by molar-refractivity contribution is 5.79. The van der Waals surface area contributed by atoms with Crippen molar-refractivity contribution in [1.29, 1.82) is 0 Å². The fourth-order valence-corrected chi connectivity index (χ4v) is 4.52. The van der Waals surface area contributed by atoms with Gasteiger partial charge in [-0.25, -0.2) is 9.97 Å². The number of carbonyl (C=O) groups is 1. The van der Waals surface area contributed by atoms with Crippen molar-refractivity contribution in [3.8, 4) is 0 Å². The summed E-state index contributed by atoms with van der Waals surface area (Å²) in [4.78, 5) is 28.8. The van der Waals surface area contributed by atoms with Gasteiger partial charge in [-0.2, -0.15) is 0 Å². The molecular formula is C23H31N5O. The zero-order valence-corrected chi connectivity index (χ0v) is 17.7. The van der Waals surface area contributed by atoms with Crippen molar-refractivity contribution in [3.05, 3.63) is 47.8 Å². The van der Waals surface area contributed by atoms with E-state index in [1.54, 1.807) is 0 Å². The molecule has 0 radical (unpaired) electrons. The summed E-state index contributed by atoms with van der Waals surface area (Å²) in [5.74, 6) is 1.23. The van der Waals surface area contributed by atoms with Gasteiger partial charge in [-0.15, -0.1) is 0 Å². The molecule has 6 heteroatoms. The van der Waals surface area contributed by atoms with Crippen molar-refractivity contribution in [3.63, 3.8) is 0 Å². The van der Waals surface area contributed by atoms with Crippen molar-refractivity contribution in [2.45, 2.75) is 39.7 Å². The molecule has 4 rings (SSSR count). The average Bonchev–Trinajstić information content (AvgIpc) is 2.73. The van der Waals surface area contributed by atoms with Crippen molar-refractivity contribution < 1.29 is 4.79 Å². The second-order valence-electron chi connectivity index (χ2n) is 8.43. The third-order valence-corrected chi connectivity index (χ3v) is 6.18. The summed E-state index contributed by atoms with van der Waals surface area (Å²) >= 11 is 0. The predicted molar refractivity (Wildman–Crippen MR) is 116 cm³/mol. The highest BCUT2D eigenvalue weighted by atomic mass is 16.2. The first-order valence-electron chi connectivity index (χ1n) is 10.7. The van der Waals surface area contributed by atoms with Crippen molar-refractivity contribution in [2.75, 3.05) is 42.5 Å².